The second kappa shape index (κ2) is 6.91. The molecule has 0 saturated carbocycles. The van der Waals surface area contributed by atoms with Crippen LogP contribution in [-0.2, 0) is 17.9 Å². The number of aromatic nitrogens is 2. The normalized spacial score (nSPS) is 11.0. The maximum atomic E-state index is 12.8. The number of nitrogens with one attached hydrogen (secondary N) is 1. The molecule has 25 heavy (non-hydrogen) atoms. The van der Waals surface area contributed by atoms with E-state index in [9.17, 15) is 9.59 Å². The van der Waals surface area contributed by atoms with Crippen LogP contribution in [0.5, 0.6) is 0 Å². The SMILES string of the molecule is O=C(Cn1cnc2scc(-c3cccs3)c2c1=O)NCc1cccs1. The number of carbonyl (C=O) groups is 1. The molecule has 0 radical (unpaired) electrons. The summed E-state index contributed by atoms with van der Waals surface area (Å²) in [5.41, 5.74) is 0.710. The number of nitrogens with zero attached hydrogens (tertiary/aromatic N) is 2. The maximum absolute atomic E-state index is 12.8. The lowest BCUT2D eigenvalue weighted by atomic mass is 10.2. The summed E-state index contributed by atoms with van der Waals surface area (Å²) in [6.45, 7) is 0.437. The molecule has 0 fully saturated rings. The minimum Gasteiger partial charge on any atom is -0.350 e. The molecule has 4 rings (SSSR count). The van der Waals surface area contributed by atoms with Gasteiger partial charge in [-0.1, -0.05) is 12.1 Å². The van der Waals surface area contributed by atoms with Crippen LogP contribution in [0.15, 0.2) is 51.5 Å². The van der Waals surface area contributed by atoms with Crippen molar-refractivity contribution in [2.24, 2.45) is 0 Å². The molecule has 4 heterocycles. The lowest BCUT2D eigenvalue weighted by Crippen LogP contribution is -2.31. The third-order valence-corrected chi connectivity index (χ3v) is 6.37. The Balaban J connectivity index is 1.60. The van der Waals surface area contributed by atoms with Gasteiger partial charge in [-0.2, -0.15) is 0 Å². The van der Waals surface area contributed by atoms with Gasteiger partial charge in [-0.15, -0.1) is 34.0 Å². The minimum atomic E-state index is -0.204. The Hall–Kier alpha value is -2.29. The van der Waals surface area contributed by atoms with Crippen molar-refractivity contribution in [3.63, 3.8) is 0 Å². The highest BCUT2D eigenvalue weighted by molar-refractivity contribution is 7.18. The molecule has 0 aromatic carbocycles. The second-order valence-electron chi connectivity index (χ2n) is 5.34. The van der Waals surface area contributed by atoms with E-state index in [0.29, 0.717) is 16.8 Å². The van der Waals surface area contributed by atoms with E-state index in [1.165, 1.54) is 22.2 Å². The summed E-state index contributed by atoms with van der Waals surface area (Å²) in [5, 5.41) is 9.31. The monoisotopic (exact) mass is 387 g/mol. The first-order valence-electron chi connectivity index (χ1n) is 7.52. The molecular formula is C17H13N3O2S3. The van der Waals surface area contributed by atoms with Gasteiger partial charge >= 0.3 is 0 Å². The van der Waals surface area contributed by atoms with Gasteiger partial charge < -0.3 is 5.32 Å². The molecule has 0 bridgehead atoms. The van der Waals surface area contributed by atoms with E-state index in [1.54, 1.807) is 22.7 Å². The molecule has 0 aliphatic heterocycles. The van der Waals surface area contributed by atoms with Crippen molar-refractivity contribution in [3.8, 4) is 10.4 Å². The van der Waals surface area contributed by atoms with Gasteiger partial charge in [-0.3, -0.25) is 14.2 Å². The number of fused-ring (bicyclic) bond motifs is 1. The third kappa shape index (κ3) is 3.28. The first-order valence-corrected chi connectivity index (χ1v) is 10.2. The van der Waals surface area contributed by atoms with E-state index in [4.69, 9.17) is 0 Å². The average Bonchev–Trinajstić information content (AvgIpc) is 3.36. The highest BCUT2D eigenvalue weighted by Gasteiger charge is 2.15. The molecule has 126 valence electrons. The molecule has 8 heteroatoms. The standard InChI is InChI=1S/C17H13N3O2S3/c21-14(18-7-11-3-1-5-23-11)8-20-10-19-16-15(17(20)22)12(9-25-16)13-4-2-6-24-13/h1-6,9-10H,7-8H2,(H,18,21). The minimum absolute atomic E-state index is 0.0348. The largest absolute Gasteiger partial charge is 0.350 e. The lowest BCUT2D eigenvalue weighted by molar-refractivity contribution is -0.121. The van der Waals surface area contributed by atoms with Crippen molar-refractivity contribution in [2.45, 2.75) is 13.1 Å². The van der Waals surface area contributed by atoms with Crippen LogP contribution in [-0.4, -0.2) is 15.5 Å². The highest BCUT2D eigenvalue weighted by atomic mass is 32.1. The summed E-state index contributed by atoms with van der Waals surface area (Å²) in [4.78, 5) is 32.1. The smallest absolute Gasteiger partial charge is 0.263 e. The average molecular weight is 388 g/mol. The topological polar surface area (TPSA) is 64.0 Å². The van der Waals surface area contributed by atoms with Gasteiger partial charge in [0.1, 0.15) is 11.4 Å². The fraction of sp³-hybridized carbons (Fsp3) is 0.118. The Kier molecular flexibility index (Phi) is 4.48. The number of hydrogen-bond acceptors (Lipinski definition) is 6. The first kappa shape index (κ1) is 16.2. The van der Waals surface area contributed by atoms with Gasteiger partial charge in [0.05, 0.1) is 18.3 Å². The van der Waals surface area contributed by atoms with Crippen LogP contribution in [0.4, 0.5) is 0 Å². The van der Waals surface area contributed by atoms with Gasteiger partial charge in [-0.25, -0.2) is 4.98 Å². The zero-order valence-corrected chi connectivity index (χ0v) is 15.4. The van der Waals surface area contributed by atoms with Gasteiger partial charge in [0.15, 0.2) is 0 Å². The lowest BCUT2D eigenvalue weighted by Gasteiger charge is -2.06. The Labute approximate surface area is 155 Å². The van der Waals surface area contributed by atoms with Crippen molar-refractivity contribution in [1.82, 2.24) is 14.9 Å². The molecule has 1 amide bonds. The van der Waals surface area contributed by atoms with Crippen molar-refractivity contribution in [3.05, 3.63) is 62.0 Å². The van der Waals surface area contributed by atoms with Crippen LogP contribution in [0.1, 0.15) is 4.88 Å². The second-order valence-corrected chi connectivity index (χ2v) is 8.18. The van der Waals surface area contributed by atoms with Gasteiger partial charge in [0.2, 0.25) is 5.91 Å². The summed E-state index contributed by atoms with van der Waals surface area (Å²) in [7, 11) is 0. The predicted molar refractivity (Wildman–Crippen MR) is 103 cm³/mol. The van der Waals surface area contributed by atoms with Gasteiger partial charge in [0, 0.05) is 20.7 Å². The van der Waals surface area contributed by atoms with Crippen LogP contribution >= 0.6 is 34.0 Å². The van der Waals surface area contributed by atoms with Crippen molar-refractivity contribution in [2.75, 3.05) is 0 Å². The zero-order chi connectivity index (χ0) is 17.2. The molecule has 1 N–H and O–H groups in total. The van der Waals surface area contributed by atoms with E-state index in [1.807, 2.05) is 40.4 Å². The molecule has 5 nitrogen and oxygen atoms in total. The first-order chi connectivity index (χ1) is 12.2. The zero-order valence-electron chi connectivity index (χ0n) is 13.0. The molecule has 0 atom stereocenters. The predicted octanol–water partition coefficient (Wildman–Crippen LogP) is 3.56. The Bertz CT molecular complexity index is 1060. The van der Waals surface area contributed by atoms with E-state index >= 15 is 0 Å². The van der Waals surface area contributed by atoms with Gasteiger partial charge in [-0.05, 0) is 22.9 Å². The summed E-state index contributed by atoms with van der Waals surface area (Å²) < 4.78 is 1.37. The fourth-order valence-electron chi connectivity index (χ4n) is 2.50. The van der Waals surface area contributed by atoms with Crippen LogP contribution in [0.2, 0.25) is 0 Å². The number of hydrogen-bond donors (Lipinski definition) is 1. The molecule has 0 aliphatic carbocycles. The summed E-state index contributed by atoms with van der Waals surface area (Å²) in [6, 6.07) is 7.84. The van der Waals surface area contributed by atoms with E-state index in [0.717, 1.165) is 15.3 Å². The molecule has 0 spiro atoms. The summed E-state index contributed by atoms with van der Waals surface area (Å²) in [6.07, 6.45) is 1.45. The number of amides is 1. The van der Waals surface area contributed by atoms with Gasteiger partial charge in [0.25, 0.3) is 5.56 Å². The van der Waals surface area contributed by atoms with Crippen LogP contribution in [0.25, 0.3) is 20.7 Å². The van der Waals surface area contributed by atoms with Crippen molar-refractivity contribution < 1.29 is 4.79 Å². The number of thiophene rings is 3. The van der Waals surface area contributed by atoms with Crippen LogP contribution < -0.4 is 10.9 Å². The Morgan fingerprint density at radius 1 is 1.16 bits per heavy atom. The summed E-state index contributed by atoms with van der Waals surface area (Å²) in [5.74, 6) is -0.204. The molecule has 4 aromatic rings. The van der Waals surface area contributed by atoms with Crippen molar-refractivity contribution in [1.29, 1.82) is 0 Å². The van der Waals surface area contributed by atoms with E-state index < -0.39 is 0 Å². The number of rotatable bonds is 5. The Morgan fingerprint density at radius 2 is 2.00 bits per heavy atom. The summed E-state index contributed by atoms with van der Waals surface area (Å²) >= 11 is 4.61. The fourth-order valence-corrected chi connectivity index (χ4v) is 4.87. The van der Waals surface area contributed by atoms with Crippen LogP contribution in [0, 0.1) is 0 Å². The van der Waals surface area contributed by atoms with E-state index in [-0.39, 0.29) is 18.0 Å². The third-order valence-electron chi connectivity index (χ3n) is 3.70. The molecule has 0 saturated heterocycles. The molecular weight excluding hydrogens is 374 g/mol. The van der Waals surface area contributed by atoms with Crippen molar-refractivity contribution >= 4 is 50.1 Å². The Morgan fingerprint density at radius 3 is 2.76 bits per heavy atom. The van der Waals surface area contributed by atoms with Crippen LogP contribution in [0.3, 0.4) is 0 Å². The molecule has 0 aliphatic rings. The highest BCUT2D eigenvalue weighted by Crippen LogP contribution is 2.33. The number of carbonyl (C=O) groups excluding carboxylic acids is 1. The molecule has 4 aromatic heterocycles. The van der Waals surface area contributed by atoms with E-state index in [2.05, 4.69) is 10.3 Å². The maximum Gasteiger partial charge on any atom is 0.263 e. The quantitative estimate of drug-likeness (QED) is 0.569. The molecule has 0 unspecified atom stereocenters.